The molecule has 2 N–H and O–H groups in total. The number of carbonyl (C=O) groups is 1. The predicted octanol–water partition coefficient (Wildman–Crippen LogP) is 3.25. The normalized spacial score (nSPS) is 15.1. The third kappa shape index (κ3) is 5.52. The molecular formula is C23H30N6O2. The lowest BCUT2D eigenvalue weighted by Gasteiger charge is -2.32. The number of nitrogens with one attached hydrogen (secondary N) is 2. The Balaban J connectivity index is 1.37. The lowest BCUT2D eigenvalue weighted by molar-refractivity contribution is 0.152. The molecule has 164 valence electrons. The second kappa shape index (κ2) is 10.3. The van der Waals surface area contributed by atoms with Gasteiger partial charge in [0, 0.05) is 45.0 Å². The van der Waals surface area contributed by atoms with Crippen molar-refractivity contribution in [2.75, 3.05) is 31.6 Å². The van der Waals surface area contributed by atoms with Gasteiger partial charge in [-0.1, -0.05) is 30.3 Å². The molecule has 1 aromatic carbocycles. The van der Waals surface area contributed by atoms with Crippen molar-refractivity contribution in [1.82, 2.24) is 24.8 Å². The van der Waals surface area contributed by atoms with E-state index in [1.165, 1.54) is 5.56 Å². The number of hydrogen-bond donors (Lipinski definition) is 2. The van der Waals surface area contributed by atoms with Crippen LogP contribution >= 0.6 is 0 Å². The van der Waals surface area contributed by atoms with E-state index in [9.17, 15) is 4.79 Å². The fraction of sp³-hybridized carbons (Fsp3) is 0.435. The minimum Gasteiger partial charge on any atom is -0.450 e. The molecule has 2 aromatic heterocycles. The van der Waals surface area contributed by atoms with E-state index in [4.69, 9.17) is 9.72 Å². The number of nitrogens with zero attached hydrogens (tertiary/aromatic N) is 4. The third-order valence-electron chi connectivity index (χ3n) is 5.55. The van der Waals surface area contributed by atoms with Crippen LogP contribution in [0.3, 0.4) is 0 Å². The molecule has 1 amide bonds. The van der Waals surface area contributed by atoms with Crippen molar-refractivity contribution in [2.45, 2.75) is 38.9 Å². The van der Waals surface area contributed by atoms with Crippen molar-refractivity contribution >= 4 is 23.2 Å². The molecule has 0 saturated carbocycles. The van der Waals surface area contributed by atoms with Crippen molar-refractivity contribution in [2.24, 2.45) is 0 Å². The number of carbonyl (C=O) groups excluding carboxylic acids is 1. The highest BCUT2D eigenvalue weighted by Gasteiger charge is 2.21. The lowest BCUT2D eigenvalue weighted by Crippen LogP contribution is -2.39. The molecule has 0 radical (unpaired) electrons. The summed E-state index contributed by atoms with van der Waals surface area (Å²) in [7, 11) is 0. The standard InChI is InChI=1S/C23H30N6O2/c1-2-31-23(30)25-13-16-29-21-20(9-6-12-24-21)27-22(29)26-19-10-14-28(15-11-19)17-18-7-4-3-5-8-18/h3-9,12,19H,2,10-11,13-17H2,1H3,(H,25,30)(H,26,27). The zero-order valence-electron chi connectivity index (χ0n) is 18.0. The van der Waals surface area contributed by atoms with E-state index in [1.54, 1.807) is 13.1 Å². The summed E-state index contributed by atoms with van der Waals surface area (Å²) in [6.07, 6.45) is 3.49. The van der Waals surface area contributed by atoms with E-state index >= 15 is 0 Å². The number of pyridine rings is 1. The molecule has 0 unspecified atom stereocenters. The first kappa shape index (κ1) is 21.1. The van der Waals surface area contributed by atoms with Gasteiger partial charge in [-0.15, -0.1) is 0 Å². The van der Waals surface area contributed by atoms with E-state index in [0.717, 1.165) is 49.6 Å². The Kier molecular flexibility index (Phi) is 6.99. The van der Waals surface area contributed by atoms with Crippen LogP contribution in [0.4, 0.5) is 10.7 Å². The highest BCUT2D eigenvalue weighted by atomic mass is 16.5. The van der Waals surface area contributed by atoms with E-state index in [-0.39, 0.29) is 0 Å². The van der Waals surface area contributed by atoms with Gasteiger partial charge in [0.15, 0.2) is 5.65 Å². The quantitative estimate of drug-likeness (QED) is 0.580. The van der Waals surface area contributed by atoms with Gasteiger partial charge in [-0.25, -0.2) is 14.8 Å². The van der Waals surface area contributed by atoms with Crippen molar-refractivity contribution in [3.8, 4) is 0 Å². The number of likely N-dealkylation sites (tertiary alicyclic amines) is 1. The first-order valence-corrected chi connectivity index (χ1v) is 11.0. The Morgan fingerprint density at radius 1 is 1.16 bits per heavy atom. The smallest absolute Gasteiger partial charge is 0.407 e. The molecule has 3 heterocycles. The van der Waals surface area contributed by atoms with Gasteiger partial charge in [-0.2, -0.15) is 0 Å². The highest BCUT2D eigenvalue weighted by Crippen LogP contribution is 2.21. The third-order valence-corrected chi connectivity index (χ3v) is 5.55. The monoisotopic (exact) mass is 422 g/mol. The van der Waals surface area contributed by atoms with Gasteiger partial charge < -0.3 is 15.4 Å². The Morgan fingerprint density at radius 3 is 2.74 bits per heavy atom. The average Bonchev–Trinajstić information content (AvgIpc) is 3.13. The highest BCUT2D eigenvalue weighted by molar-refractivity contribution is 5.74. The average molecular weight is 423 g/mol. The summed E-state index contributed by atoms with van der Waals surface area (Å²) in [6, 6.07) is 14.8. The van der Waals surface area contributed by atoms with Crippen molar-refractivity contribution in [3.63, 3.8) is 0 Å². The Morgan fingerprint density at radius 2 is 1.97 bits per heavy atom. The molecule has 8 heteroatoms. The number of amides is 1. The van der Waals surface area contributed by atoms with Crippen LogP contribution in [0.1, 0.15) is 25.3 Å². The Hall–Kier alpha value is -3.13. The van der Waals surface area contributed by atoms with Gasteiger partial charge in [0.1, 0.15) is 5.52 Å². The Bertz CT molecular complexity index is 982. The predicted molar refractivity (Wildman–Crippen MR) is 121 cm³/mol. The summed E-state index contributed by atoms with van der Waals surface area (Å²) >= 11 is 0. The SMILES string of the molecule is CCOC(=O)NCCn1c(NC2CCN(Cc3ccccc3)CC2)nc2cccnc21. The van der Waals surface area contributed by atoms with Gasteiger partial charge in [0.25, 0.3) is 0 Å². The van der Waals surface area contributed by atoms with Crippen LogP contribution in [-0.2, 0) is 17.8 Å². The van der Waals surface area contributed by atoms with Crippen LogP contribution in [0, 0.1) is 0 Å². The first-order chi connectivity index (χ1) is 15.2. The zero-order valence-corrected chi connectivity index (χ0v) is 18.0. The number of alkyl carbamates (subject to hydrolysis) is 1. The maximum Gasteiger partial charge on any atom is 0.407 e. The molecule has 1 aliphatic heterocycles. The van der Waals surface area contributed by atoms with Crippen molar-refractivity contribution in [1.29, 1.82) is 0 Å². The van der Waals surface area contributed by atoms with Gasteiger partial charge in [0.05, 0.1) is 6.61 Å². The molecule has 8 nitrogen and oxygen atoms in total. The van der Waals surface area contributed by atoms with Crippen LogP contribution < -0.4 is 10.6 Å². The molecule has 31 heavy (non-hydrogen) atoms. The van der Waals surface area contributed by atoms with Crippen LogP contribution in [0.5, 0.6) is 0 Å². The molecule has 0 atom stereocenters. The molecular weight excluding hydrogens is 392 g/mol. The molecule has 1 fully saturated rings. The summed E-state index contributed by atoms with van der Waals surface area (Å²) in [5, 5.41) is 6.40. The number of imidazole rings is 1. The van der Waals surface area contributed by atoms with E-state index in [0.29, 0.717) is 25.7 Å². The molecule has 1 aliphatic rings. The summed E-state index contributed by atoms with van der Waals surface area (Å²) in [5.41, 5.74) is 3.02. The Labute approximate surface area is 182 Å². The molecule has 0 aliphatic carbocycles. The van der Waals surface area contributed by atoms with Crippen LogP contribution in [0.15, 0.2) is 48.7 Å². The maximum atomic E-state index is 11.6. The van der Waals surface area contributed by atoms with Crippen LogP contribution in [0.25, 0.3) is 11.2 Å². The number of rotatable bonds is 8. The van der Waals surface area contributed by atoms with Crippen LogP contribution in [-0.4, -0.2) is 57.8 Å². The maximum absolute atomic E-state index is 11.6. The summed E-state index contributed by atoms with van der Waals surface area (Å²) in [6.45, 7) is 6.27. The molecule has 4 rings (SSSR count). The summed E-state index contributed by atoms with van der Waals surface area (Å²) < 4.78 is 6.98. The second-order valence-corrected chi connectivity index (χ2v) is 7.76. The molecule has 1 saturated heterocycles. The number of aromatic nitrogens is 3. The zero-order chi connectivity index (χ0) is 21.5. The largest absolute Gasteiger partial charge is 0.450 e. The minimum atomic E-state index is -0.403. The number of hydrogen-bond acceptors (Lipinski definition) is 6. The van der Waals surface area contributed by atoms with Crippen molar-refractivity contribution < 1.29 is 9.53 Å². The molecule has 0 bridgehead atoms. The number of piperidine rings is 1. The second-order valence-electron chi connectivity index (χ2n) is 7.76. The van der Waals surface area contributed by atoms with E-state index in [1.807, 2.05) is 16.7 Å². The molecule has 0 spiro atoms. The topological polar surface area (TPSA) is 84.3 Å². The first-order valence-electron chi connectivity index (χ1n) is 11.0. The van der Waals surface area contributed by atoms with Crippen LogP contribution in [0.2, 0.25) is 0 Å². The van der Waals surface area contributed by atoms with E-state index in [2.05, 4.69) is 50.8 Å². The van der Waals surface area contributed by atoms with Gasteiger partial charge in [-0.05, 0) is 37.5 Å². The minimum absolute atomic E-state index is 0.358. The summed E-state index contributed by atoms with van der Waals surface area (Å²) in [5.74, 6) is 0.806. The number of fused-ring (bicyclic) bond motifs is 1. The number of benzene rings is 1. The number of ether oxygens (including phenoxy) is 1. The lowest BCUT2D eigenvalue weighted by atomic mass is 10.0. The number of anilines is 1. The fourth-order valence-electron chi connectivity index (χ4n) is 3.99. The van der Waals surface area contributed by atoms with Gasteiger partial charge >= 0.3 is 6.09 Å². The van der Waals surface area contributed by atoms with Gasteiger partial charge in [0.2, 0.25) is 5.95 Å². The van der Waals surface area contributed by atoms with E-state index < -0.39 is 6.09 Å². The summed E-state index contributed by atoms with van der Waals surface area (Å²) in [4.78, 5) is 23.4. The van der Waals surface area contributed by atoms with Gasteiger partial charge in [-0.3, -0.25) is 9.47 Å². The van der Waals surface area contributed by atoms with Crippen molar-refractivity contribution in [3.05, 3.63) is 54.2 Å². The molecule has 3 aromatic rings. The fourth-order valence-corrected chi connectivity index (χ4v) is 3.99.